The van der Waals surface area contributed by atoms with E-state index in [1.54, 1.807) is 13.8 Å². The van der Waals surface area contributed by atoms with E-state index in [2.05, 4.69) is 15.3 Å². The van der Waals surface area contributed by atoms with E-state index in [1.807, 2.05) is 0 Å². The van der Waals surface area contributed by atoms with Crippen molar-refractivity contribution in [2.75, 3.05) is 17.6 Å². The number of nitrogens with zero attached hydrogens (tertiary/aromatic N) is 2. The third-order valence-corrected chi connectivity index (χ3v) is 2.30. The molecule has 1 heterocycles. The van der Waals surface area contributed by atoms with E-state index in [-0.39, 0.29) is 17.6 Å². The number of anilines is 2. The first-order chi connectivity index (χ1) is 8.25. The zero-order chi connectivity index (χ0) is 13.9. The van der Waals surface area contributed by atoms with Gasteiger partial charge in [-0.05, 0) is 5.92 Å². The van der Waals surface area contributed by atoms with Crippen LogP contribution in [0.2, 0.25) is 0 Å². The Balaban J connectivity index is 2.89. The average molecular weight is 266 g/mol. The summed E-state index contributed by atoms with van der Waals surface area (Å²) in [6, 6.07) is 0. The maximum atomic E-state index is 12.8. The third kappa shape index (κ3) is 3.21. The fourth-order valence-electron chi connectivity index (χ4n) is 1.40. The van der Waals surface area contributed by atoms with Crippen molar-refractivity contribution in [2.24, 2.45) is 0 Å². The molecule has 1 aromatic heterocycles. The molecule has 0 aliphatic carbocycles. The first kappa shape index (κ1) is 14.5. The molecule has 0 saturated carbocycles. The minimum atomic E-state index is -4.12. The van der Waals surface area contributed by atoms with Gasteiger partial charge in [-0.3, -0.25) is 0 Å². The van der Waals surface area contributed by atoms with Gasteiger partial charge in [0.05, 0.1) is 6.54 Å². The molecule has 0 aliphatic rings. The van der Waals surface area contributed by atoms with E-state index in [0.29, 0.717) is 5.56 Å². The molecule has 102 valence electrons. The van der Waals surface area contributed by atoms with E-state index < -0.39 is 18.9 Å². The lowest BCUT2D eigenvalue weighted by Crippen LogP contribution is -2.35. The largest absolute Gasteiger partial charge is 0.383 e. The smallest absolute Gasteiger partial charge is 0.324 e. The van der Waals surface area contributed by atoms with Crippen LogP contribution in [0.15, 0.2) is 6.33 Å². The predicted octanol–water partition coefficient (Wildman–Crippen LogP) is 2.49. The van der Waals surface area contributed by atoms with Crippen molar-refractivity contribution in [1.82, 2.24) is 9.97 Å². The van der Waals surface area contributed by atoms with Gasteiger partial charge >= 0.3 is 12.3 Å². The number of aromatic nitrogens is 2. The van der Waals surface area contributed by atoms with Crippen molar-refractivity contribution in [3.05, 3.63) is 11.9 Å². The summed E-state index contributed by atoms with van der Waals surface area (Å²) in [6.45, 7) is 2.33. The molecule has 0 saturated heterocycles. The summed E-state index contributed by atoms with van der Waals surface area (Å²) in [5, 5.41) is 2.20. The molecule has 1 aromatic rings. The minimum Gasteiger partial charge on any atom is -0.383 e. The lowest BCUT2D eigenvalue weighted by Gasteiger charge is -2.19. The van der Waals surface area contributed by atoms with Crippen LogP contribution in [0, 0.1) is 0 Å². The standard InChI is InChI=1S/C10H14F4N4/c1-5(2)6-7(15)17-4-18-8(6)16-3-10(13,14)9(11)12/h4-5,9H,3H2,1-2H3,(H3,15,16,17,18). The highest BCUT2D eigenvalue weighted by Gasteiger charge is 2.40. The second-order valence-electron chi connectivity index (χ2n) is 4.09. The van der Waals surface area contributed by atoms with Crippen LogP contribution in [0.5, 0.6) is 0 Å². The normalized spacial score (nSPS) is 12.2. The van der Waals surface area contributed by atoms with Gasteiger partial charge in [0.15, 0.2) is 0 Å². The van der Waals surface area contributed by atoms with Gasteiger partial charge in [0, 0.05) is 5.56 Å². The Morgan fingerprint density at radius 2 is 1.94 bits per heavy atom. The zero-order valence-electron chi connectivity index (χ0n) is 9.92. The number of nitrogen functional groups attached to an aromatic ring is 1. The number of hydrogen-bond donors (Lipinski definition) is 2. The Bertz CT molecular complexity index is 409. The van der Waals surface area contributed by atoms with Crippen LogP contribution in [0.4, 0.5) is 29.2 Å². The first-order valence-electron chi connectivity index (χ1n) is 5.26. The van der Waals surface area contributed by atoms with Crippen molar-refractivity contribution < 1.29 is 17.6 Å². The molecule has 8 heteroatoms. The predicted molar refractivity (Wildman–Crippen MR) is 60.0 cm³/mol. The Kier molecular flexibility index (Phi) is 4.31. The van der Waals surface area contributed by atoms with E-state index >= 15 is 0 Å². The number of halogens is 4. The molecular weight excluding hydrogens is 252 g/mol. The van der Waals surface area contributed by atoms with Crippen LogP contribution in [0.1, 0.15) is 25.3 Å². The van der Waals surface area contributed by atoms with Gasteiger partial charge in [-0.1, -0.05) is 13.8 Å². The van der Waals surface area contributed by atoms with Crippen molar-refractivity contribution >= 4 is 11.6 Å². The van der Waals surface area contributed by atoms with E-state index in [1.165, 1.54) is 0 Å². The molecule has 0 amide bonds. The summed E-state index contributed by atoms with van der Waals surface area (Å²) in [6.07, 6.45) is -2.64. The molecule has 3 N–H and O–H groups in total. The molecule has 0 bridgehead atoms. The zero-order valence-corrected chi connectivity index (χ0v) is 9.92. The van der Waals surface area contributed by atoms with Crippen molar-refractivity contribution in [3.63, 3.8) is 0 Å². The number of alkyl halides is 4. The molecule has 0 unspecified atom stereocenters. The van der Waals surface area contributed by atoms with Crippen LogP contribution in [-0.4, -0.2) is 28.9 Å². The van der Waals surface area contributed by atoms with Gasteiger partial charge in [-0.15, -0.1) is 0 Å². The summed E-state index contributed by atoms with van der Waals surface area (Å²) < 4.78 is 49.6. The number of rotatable bonds is 5. The third-order valence-electron chi connectivity index (χ3n) is 2.30. The van der Waals surface area contributed by atoms with Crippen LogP contribution in [0.25, 0.3) is 0 Å². The summed E-state index contributed by atoms with van der Waals surface area (Å²) in [5.41, 5.74) is 6.03. The van der Waals surface area contributed by atoms with Gasteiger partial charge in [0.1, 0.15) is 18.0 Å². The van der Waals surface area contributed by atoms with Crippen LogP contribution >= 0.6 is 0 Å². The van der Waals surface area contributed by atoms with Gasteiger partial charge in [-0.25, -0.2) is 18.7 Å². The molecule has 0 fully saturated rings. The highest BCUT2D eigenvalue weighted by molar-refractivity contribution is 5.56. The quantitative estimate of drug-likeness (QED) is 0.804. The second kappa shape index (κ2) is 5.36. The van der Waals surface area contributed by atoms with Crippen LogP contribution in [0.3, 0.4) is 0 Å². The molecule has 4 nitrogen and oxygen atoms in total. The summed E-state index contributed by atoms with van der Waals surface area (Å²) in [7, 11) is 0. The van der Waals surface area contributed by atoms with Crippen LogP contribution in [-0.2, 0) is 0 Å². The summed E-state index contributed by atoms with van der Waals surface area (Å²) in [5.74, 6) is -4.04. The molecular formula is C10H14F4N4. The fourth-order valence-corrected chi connectivity index (χ4v) is 1.40. The lowest BCUT2D eigenvalue weighted by molar-refractivity contribution is -0.117. The van der Waals surface area contributed by atoms with Crippen molar-refractivity contribution in [3.8, 4) is 0 Å². The highest BCUT2D eigenvalue weighted by atomic mass is 19.3. The maximum absolute atomic E-state index is 12.8. The van der Waals surface area contributed by atoms with Gasteiger partial charge in [0.25, 0.3) is 0 Å². The molecule has 18 heavy (non-hydrogen) atoms. The Hall–Kier alpha value is -1.60. The van der Waals surface area contributed by atoms with Crippen LogP contribution < -0.4 is 11.1 Å². The highest BCUT2D eigenvalue weighted by Crippen LogP contribution is 2.28. The van der Waals surface area contributed by atoms with Gasteiger partial charge in [-0.2, -0.15) is 8.78 Å². The molecule has 0 atom stereocenters. The minimum absolute atomic E-state index is 0.0535. The molecule has 0 spiro atoms. The molecule has 0 aromatic carbocycles. The van der Waals surface area contributed by atoms with Gasteiger partial charge < -0.3 is 11.1 Å². The molecule has 1 rings (SSSR count). The van der Waals surface area contributed by atoms with Crippen molar-refractivity contribution in [1.29, 1.82) is 0 Å². The number of nitrogens with one attached hydrogen (secondary N) is 1. The lowest BCUT2D eigenvalue weighted by atomic mass is 10.0. The molecule has 0 radical (unpaired) electrons. The number of nitrogens with two attached hydrogens (primary N) is 1. The Morgan fingerprint density at radius 3 is 2.44 bits per heavy atom. The fraction of sp³-hybridized carbons (Fsp3) is 0.600. The average Bonchev–Trinajstić information content (AvgIpc) is 2.25. The monoisotopic (exact) mass is 266 g/mol. The summed E-state index contributed by atoms with van der Waals surface area (Å²) in [4.78, 5) is 7.47. The first-order valence-corrected chi connectivity index (χ1v) is 5.26. The second-order valence-corrected chi connectivity index (χ2v) is 4.09. The maximum Gasteiger partial charge on any atom is 0.324 e. The topological polar surface area (TPSA) is 63.8 Å². The molecule has 0 aliphatic heterocycles. The van der Waals surface area contributed by atoms with Gasteiger partial charge in [0.2, 0.25) is 0 Å². The van der Waals surface area contributed by atoms with E-state index in [0.717, 1.165) is 6.33 Å². The van der Waals surface area contributed by atoms with E-state index in [9.17, 15) is 17.6 Å². The Morgan fingerprint density at radius 1 is 1.33 bits per heavy atom. The van der Waals surface area contributed by atoms with E-state index in [4.69, 9.17) is 5.73 Å². The summed E-state index contributed by atoms with van der Waals surface area (Å²) >= 11 is 0. The SMILES string of the molecule is CC(C)c1c(N)ncnc1NCC(F)(F)C(F)F. The number of hydrogen-bond acceptors (Lipinski definition) is 4. The Labute approximate surface area is 102 Å². The van der Waals surface area contributed by atoms with Crippen molar-refractivity contribution in [2.45, 2.75) is 32.1 Å².